The molecule has 102 valence electrons. The number of hydrogen-bond acceptors (Lipinski definition) is 2. The second-order valence-corrected chi connectivity index (χ2v) is 5.05. The van der Waals surface area contributed by atoms with Gasteiger partial charge in [0.05, 0.1) is 5.56 Å². The van der Waals surface area contributed by atoms with Gasteiger partial charge in [0.25, 0.3) is 5.91 Å². The summed E-state index contributed by atoms with van der Waals surface area (Å²) in [5, 5.41) is 11.9. The fourth-order valence-electron chi connectivity index (χ4n) is 2.49. The van der Waals surface area contributed by atoms with Gasteiger partial charge in [-0.25, -0.2) is 4.79 Å². The maximum Gasteiger partial charge on any atom is 0.335 e. The molecule has 0 bridgehead atoms. The average molecular weight is 261 g/mol. The van der Waals surface area contributed by atoms with Crippen molar-refractivity contribution in [2.24, 2.45) is 0 Å². The molecule has 1 fully saturated rings. The van der Waals surface area contributed by atoms with Crippen LogP contribution in [0.2, 0.25) is 0 Å². The predicted molar refractivity (Wildman–Crippen MR) is 72.4 cm³/mol. The van der Waals surface area contributed by atoms with Crippen LogP contribution in [-0.2, 0) is 0 Å². The maximum absolute atomic E-state index is 12.1. The lowest BCUT2D eigenvalue weighted by Crippen LogP contribution is -2.34. The first-order valence-corrected chi connectivity index (χ1v) is 6.81. The molecule has 0 aliphatic heterocycles. The Balaban J connectivity index is 2.02. The van der Waals surface area contributed by atoms with E-state index in [-0.39, 0.29) is 17.5 Å². The monoisotopic (exact) mass is 261 g/mol. The number of rotatable bonds is 3. The minimum absolute atomic E-state index is 0.147. The molecule has 0 spiro atoms. The maximum atomic E-state index is 12.1. The number of hydrogen-bond donors (Lipinski definition) is 2. The third kappa shape index (κ3) is 3.81. The van der Waals surface area contributed by atoms with E-state index in [1.54, 1.807) is 12.1 Å². The Bertz CT molecular complexity index is 462. The zero-order valence-corrected chi connectivity index (χ0v) is 10.9. The van der Waals surface area contributed by atoms with Crippen molar-refractivity contribution >= 4 is 11.9 Å². The van der Waals surface area contributed by atoms with Crippen molar-refractivity contribution in [3.05, 3.63) is 35.4 Å². The van der Waals surface area contributed by atoms with Crippen LogP contribution in [0.15, 0.2) is 24.3 Å². The fraction of sp³-hybridized carbons (Fsp3) is 0.467. The van der Waals surface area contributed by atoms with E-state index in [0.29, 0.717) is 5.56 Å². The first kappa shape index (κ1) is 13.6. The normalized spacial score (nSPS) is 16.6. The molecule has 0 heterocycles. The molecule has 2 N–H and O–H groups in total. The molecule has 1 aromatic rings. The van der Waals surface area contributed by atoms with Crippen molar-refractivity contribution in [3.63, 3.8) is 0 Å². The molecule has 2 rings (SSSR count). The number of nitrogens with one attached hydrogen (secondary N) is 1. The highest BCUT2D eigenvalue weighted by Crippen LogP contribution is 2.17. The highest BCUT2D eigenvalue weighted by Gasteiger charge is 2.16. The summed E-state index contributed by atoms with van der Waals surface area (Å²) in [5.74, 6) is -1.18. The van der Waals surface area contributed by atoms with Crippen molar-refractivity contribution in [1.29, 1.82) is 0 Å². The van der Waals surface area contributed by atoms with Crippen LogP contribution in [0, 0.1) is 0 Å². The molecule has 1 saturated carbocycles. The van der Waals surface area contributed by atoms with Crippen molar-refractivity contribution in [3.8, 4) is 0 Å². The Morgan fingerprint density at radius 1 is 1.05 bits per heavy atom. The molecule has 1 aliphatic carbocycles. The second kappa shape index (κ2) is 6.36. The Morgan fingerprint density at radius 2 is 1.68 bits per heavy atom. The molecule has 1 amide bonds. The first-order valence-electron chi connectivity index (χ1n) is 6.81. The Labute approximate surface area is 112 Å². The van der Waals surface area contributed by atoms with Crippen molar-refractivity contribution < 1.29 is 14.7 Å². The second-order valence-electron chi connectivity index (χ2n) is 5.05. The number of benzene rings is 1. The Hall–Kier alpha value is -1.84. The molecule has 1 aliphatic rings. The van der Waals surface area contributed by atoms with Crippen LogP contribution in [0.1, 0.15) is 59.2 Å². The quantitative estimate of drug-likeness (QED) is 0.822. The molecule has 4 nitrogen and oxygen atoms in total. The van der Waals surface area contributed by atoms with E-state index in [1.165, 1.54) is 25.0 Å². The first-order chi connectivity index (χ1) is 9.16. The minimum atomic E-state index is -1.01. The average Bonchev–Trinajstić information content (AvgIpc) is 2.67. The summed E-state index contributed by atoms with van der Waals surface area (Å²) in [6, 6.07) is 6.40. The van der Waals surface area contributed by atoms with Crippen LogP contribution in [-0.4, -0.2) is 23.0 Å². The number of carbonyl (C=O) groups is 2. The number of carboxylic acids is 1. The van der Waals surface area contributed by atoms with E-state index < -0.39 is 5.97 Å². The van der Waals surface area contributed by atoms with E-state index in [4.69, 9.17) is 5.11 Å². The molecule has 0 unspecified atom stereocenters. The lowest BCUT2D eigenvalue weighted by atomic mass is 10.1. The van der Waals surface area contributed by atoms with Gasteiger partial charge in [-0.1, -0.05) is 31.7 Å². The molecule has 4 heteroatoms. The number of aromatic carboxylic acids is 1. The molecule has 0 saturated heterocycles. The summed E-state index contributed by atoms with van der Waals surface area (Å²) in [4.78, 5) is 23.0. The van der Waals surface area contributed by atoms with Crippen molar-refractivity contribution in [1.82, 2.24) is 5.32 Å². The van der Waals surface area contributed by atoms with Gasteiger partial charge < -0.3 is 10.4 Å². The molecule has 0 radical (unpaired) electrons. The van der Waals surface area contributed by atoms with Gasteiger partial charge in [0.2, 0.25) is 0 Å². The van der Waals surface area contributed by atoms with E-state index in [0.717, 1.165) is 25.7 Å². The fourth-order valence-corrected chi connectivity index (χ4v) is 2.49. The highest BCUT2D eigenvalue weighted by molar-refractivity contribution is 5.97. The lowest BCUT2D eigenvalue weighted by molar-refractivity contribution is 0.0697. The van der Waals surface area contributed by atoms with Crippen molar-refractivity contribution in [2.75, 3.05) is 0 Å². The minimum Gasteiger partial charge on any atom is -0.478 e. The van der Waals surface area contributed by atoms with E-state index in [2.05, 4.69) is 5.32 Å². The van der Waals surface area contributed by atoms with Crippen molar-refractivity contribution in [2.45, 2.75) is 44.6 Å². The van der Waals surface area contributed by atoms with E-state index >= 15 is 0 Å². The highest BCUT2D eigenvalue weighted by atomic mass is 16.4. The van der Waals surface area contributed by atoms with Crippen LogP contribution in [0.5, 0.6) is 0 Å². The van der Waals surface area contributed by atoms with Gasteiger partial charge in [0.15, 0.2) is 0 Å². The van der Waals surface area contributed by atoms with Crippen LogP contribution >= 0.6 is 0 Å². The van der Waals surface area contributed by atoms with E-state index in [9.17, 15) is 9.59 Å². The molecule has 0 aromatic heterocycles. The summed E-state index contributed by atoms with van der Waals surface area (Å²) in [5.41, 5.74) is 0.567. The van der Waals surface area contributed by atoms with Gasteiger partial charge in [-0.05, 0) is 31.0 Å². The number of carbonyl (C=O) groups excluding carboxylic acids is 1. The number of carboxylic acid groups (broad SMARTS) is 1. The lowest BCUT2D eigenvalue weighted by Gasteiger charge is -2.16. The summed E-state index contributed by atoms with van der Waals surface area (Å²) < 4.78 is 0. The Kier molecular flexibility index (Phi) is 4.55. The third-order valence-corrected chi connectivity index (χ3v) is 3.56. The smallest absolute Gasteiger partial charge is 0.335 e. The van der Waals surface area contributed by atoms with Gasteiger partial charge in [0.1, 0.15) is 0 Å². The topological polar surface area (TPSA) is 66.4 Å². The van der Waals surface area contributed by atoms with Gasteiger partial charge in [-0.3, -0.25) is 4.79 Å². The van der Waals surface area contributed by atoms with Gasteiger partial charge in [-0.15, -0.1) is 0 Å². The predicted octanol–water partition coefficient (Wildman–Crippen LogP) is 2.84. The SMILES string of the molecule is O=C(O)c1cccc(C(=O)NC2CCCCCC2)c1. The largest absolute Gasteiger partial charge is 0.478 e. The summed E-state index contributed by atoms with van der Waals surface area (Å²) in [7, 11) is 0. The zero-order chi connectivity index (χ0) is 13.7. The molecule has 1 aromatic carbocycles. The van der Waals surface area contributed by atoms with Crippen LogP contribution in [0.3, 0.4) is 0 Å². The summed E-state index contributed by atoms with van der Waals surface area (Å²) in [6.45, 7) is 0. The van der Waals surface area contributed by atoms with Crippen LogP contribution in [0.4, 0.5) is 0 Å². The molecular formula is C15H19NO3. The molecule has 0 atom stereocenters. The van der Waals surface area contributed by atoms with Gasteiger partial charge in [-0.2, -0.15) is 0 Å². The molecular weight excluding hydrogens is 242 g/mol. The van der Waals surface area contributed by atoms with Gasteiger partial charge in [0, 0.05) is 11.6 Å². The Morgan fingerprint density at radius 3 is 2.32 bits per heavy atom. The summed E-state index contributed by atoms with van der Waals surface area (Å²) in [6.07, 6.45) is 6.82. The van der Waals surface area contributed by atoms with Crippen LogP contribution in [0.25, 0.3) is 0 Å². The molecule has 19 heavy (non-hydrogen) atoms. The van der Waals surface area contributed by atoms with Gasteiger partial charge >= 0.3 is 5.97 Å². The number of amides is 1. The standard InChI is InChI=1S/C15H19NO3/c17-14(16-13-8-3-1-2-4-9-13)11-6-5-7-12(10-11)15(18)19/h5-7,10,13H,1-4,8-9H2,(H,16,17)(H,18,19). The van der Waals surface area contributed by atoms with E-state index in [1.807, 2.05) is 0 Å². The third-order valence-electron chi connectivity index (χ3n) is 3.56. The zero-order valence-electron chi connectivity index (χ0n) is 10.9. The summed E-state index contributed by atoms with van der Waals surface area (Å²) >= 11 is 0. The van der Waals surface area contributed by atoms with Crippen LogP contribution < -0.4 is 5.32 Å².